The highest BCUT2D eigenvalue weighted by Gasteiger charge is 2.30. The predicted octanol–water partition coefficient (Wildman–Crippen LogP) is 1.95. The van der Waals surface area contributed by atoms with Crippen LogP contribution in [0.1, 0.15) is 51.9 Å². The molecule has 1 aromatic rings. The third-order valence-corrected chi connectivity index (χ3v) is 7.71. The van der Waals surface area contributed by atoms with E-state index in [1.165, 1.54) is 44.0 Å². The minimum Gasteiger partial charge on any atom is -0.343 e. The third kappa shape index (κ3) is 7.26. The predicted molar refractivity (Wildman–Crippen MR) is 125 cm³/mol. The van der Waals surface area contributed by atoms with Gasteiger partial charge >= 0.3 is 0 Å². The number of piperidine rings is 1. The lowest BCUT2D eigenvalue weighted by atomic mass is 9.95. The summed E-state index contributed by atoms with van der Waals surface area (Å²) in [4.78, 5) is 40.2. The van der Waals surface area contributed by atoms with Gasteiger partial charge in [0.05, 0.1) is 4.90 Å². The maximum Gasteiger partial charge on any atom is 0.240 e. The number of hydrogen-bond acceptors (Lipinski definition) is 5. The van der Waals surface area contributed by atoms with Crippen LogP contribution in [0.25, 0.3) is 0 Å². The SMILES string of the molecule is CC(=O)Nc1ccc(S(=O)(=O)NCCC(=O)N2CCC(C(=O)N3CCCCCC3)CC2)cc1. The van der Waals surface area contributed by atoms with E-state index in [2.05, 4.69) is 10.0 Å². The van der Waals surface area contributed by atoms with E-state index >= 15 is 0 Å². The molecule has 33 heavy (non-hydrogen) atoms. The van der Waals surface area contributed by atoms with Crippen molar-refractivity contribution in [2.24, 2.45) is 5.92 Å². The number of carbonyl (C=O) groups is 3. The fraction of sp³-hybridized carbons (Fsp3) is 0.609. The Morgan fingerprint density at radius 2 is 1.52 bits per heavy atom. The van der Waals surface area contributed by atoms with E-state index in [1.807, 2.05) is 4.90 Å². The lowest BCUT2D eigenvalue weighted by Gasteiger charge is -2.34. The molecule has 0 aromatic heterocycles. The van der Waals surface area contributed by atoms with Gasteiger partial charge in [-0.05, 0) is 49.9 Å². The summed E-state index contributed by atoms with van der Waals surface area (Å²) in [6.45, 7) is 4.11. The highest BCUT2D eigenvalue weighted by Crippen LogP contribution is 2.22. The zero-order valence-corrected chi connectivity index (χ0v) is 20.0. The molecule has 0 radical (unpaired) electrons. The molecule has 2 N–H and O–H groups in total. The number of rotatable bonds is 7. The number of benzene rings is 1. The van der Waals surface area contributed by atoms with Crippen LogP contribution < -0.4 is 10.0 Å². The van der Waals surface area contributed by atoms with Gasteiger partial charge in [-0.2, -0.15) is 0 Å². The Bertz CT molecular complexity index is 932. The van der Waals surface area contributed by atoms with Crippen LogP contribution in [0.5, 0.6) is 0 Å². The van der Waals surface area contributed by atoms with Crippen molar-refractivity contribution < 1.29 is 22.8 Å². The molecular weight excluding hydrogens is 444 g/mol. The van der Waals surface area contributed by atoms with Crippen LogP contribution >= 0.6 is 0 Å². The van der Waals surface area contributed by atoms with Crippen molar-refractivity contribution in [3.8, 4) is 0 Å². The van der Waals surface area contributed by atoms with Gasteiger partial charge in [-0.3, -0.25) is 14.4 Å². The molecule has 2 fully saturated rings. The lowest BCUT2D eigenvalue weighted by Crippen LogP contribution is -2.45. The smallest absolute Gasteiger partial charge is 0.240 e. The number of nitrogens with zero attached hydrogens (tertiary/aromatic N) is 2. The largest absolute Gasteiger partial charge is 0.343 e. The van der Waals surface area contributed by atoms with Crippen molar-refractivity contribution in [2.75, 3.05) is 38.0 Å². The molecule has 2 aliphatic rings. The van der Waals surface area contributed by atoms with Gasteiger partial charge in [0.25, 0.3) is 0 Å². The molecule has 182 valence electrons. The van der Waals surface area contributed by atoms with E-state index in [0.29, 0.717) is 31.6 Å². The first-order valence-corrected chi connectivity index (χ1v) is 13.2. The number of carbonyl (C=O) groups excluding carboxylic acids is 3. The van der Waals surface area contributed by atoms with Gasteiger partial charge in [-0.15, -0.1) is 0 Å². The van der Waals surface area contributed by atoms with Crippen LogP contribution in [0.4, 0.5) is 5.69 Å². The molecule has 3 amide bonds. The fourth-order valence-corrected chi connectivity index (χ4v) is 5.41. The number of nitrogens with one attached hydrogen (secondary N) is 2. The highest BCUT2D eigenvalue weighted by atomic mass is 32.2. The molecule has 10 heteroatoms. The number of sulfonamides is 1. The van der Waals surface area contributed by atoms with E-state index in [0.717, 1.165) is 25.9 Å². The molecular formula is C23H34N4O5S. The lowest BCUT2D eigenvalue weighted by molar-refractivity contribution is -0.140. The van der Waals surface area contributed by atoms with Crippen molar-refractivity contribution in [1.82, 2.24) is 14.5 Å². The standard InChI is InChI=1S/C23H34N4O5S/c1-18(28)25-20-6-8-21(9-7-20)33(31,32)24-13-10-22(29)26-16-11-19(12-17-26)23(30)27-14-4-2-3-5-15-27/h6-9,19,24H,2-5,10-17H2,1H3,(H,25,28). The summed E-state index contributed by atoms with van der Waals surface area (Å²) in [5, 5.41) is 2.58. The van der Waals surface area contributed by atoms with E-state index in [9.17, 15) is 22.8 Å². The summed E-state index contributed by atoms with van der Waals surface area (Å²) < 4.78 is 27.4. The van der Waals surface area contributed by atoms with Gasteiger partial charge in [0.2, 0.25) is 27.7 Å². The van der Waals surface area contributed by atoms with Crippen molar-refractivity contribution in [3.05, 3.63) is 24.3 Å². The van der Waals surface area contributed by atoms with E-state index in [-0.39, 0.29) is 41.5 Å². The van der Waals surface area contributed by atoms with Crippen LogP contribution in [0.2, 0.25) is 0 Å². The average Bonchev–Trinajstić information content (AvgIpc) is 3.08. The Kier molecular flexibility index (Phi) is 8.85. The molecule has 2 saturated heterocycles. The molecule has 0 spiro atoms. The quantitative estimate of drug-likeness (QED) is 0.622. The van der Waals surface area contributed by atoms with E-state index in [4.69, 9.17) is 0 Å². The normalized spacial score (nSPS) is 18.0. The zero-order chi connectivity index (χ0) is 23.8. The van der Waals surface area contributed by atoms with E-state index in [1.54, 1.807) is 4.90 Å². The first-order valence-electron chi connectivity index (χ1n) is 11.7. The van der Waals surface area contributed by atoms with Crippen molar-refractivity contribution in [2.45, 2.75) is 56.8 Å². The van der Waals surface area contributed by atoms with Gasteiger partial charge in [0.15, 0.2) is 0 Å². The van der Waals surface area contributed by atoms with Crippen LogP contribution in [-0.2, 0) is 24.4 Å². The fourth-order valence-electron chi connectivity index (χ4n) is 4.38. The van der Waals surface area contributed by atoms with Gasteiger partial charge in [-0.1, -0.05) is 12.8 Å². The van der Waals surface area contributed by atoms with Gasteiger partial charge in [0, 0.05) is 57.7 Å². The number of anilines is 1. The molecule has 2 heterocycles. The van der Waals surface area contributed by atoms with Crippen molar-refractivity contribution in [1.29, 1.82) is 0 Å². The second-order valence-corrected chi connectivity index (χ2v) is 10.5. The Hall–Kier alpha value is -2.46. The summed E-state index contributed by atoms with van der Waals surface area (Å²) in [7, 11) is -3.75. The van der Waals surface area contributed by atoms with Crippen molar-refractivity contribution >= 4 is 33.4 Å². The highest BCUT2D eigenvalue weighted by molar-refractivity contribution is 7.89. The first kappa shape index (κ1) is 25.2. The van der Waals surface area contributed by atoms with Crippen LogP contribution in [0.3, 0.4) is 0 Å². The Balaban J connectivity index is 1.42. The number of likely N-dealkylation sites (tertiary alicyclic amines) is 2. The van der Waals surface area contributed by atoms with Crippen LogP contribution in [-0.4, -0.2) is 68.7 Å². The van der Waals surface area contributed by atoms with Crippen molar-refractivity contribution in [3.63, 3.8) is 0 Å². The van der Waals surface area contributed by atoms with Gasteiger partial charge in [-0.25, -0.2) is 13.1 Å². The minimum atomic E-state index is -3.75. The number of hydrogen-bond donors (Lipinski definition) is 2. The maximum atomic E-state index is 12.8. The topological polar surface area (TPSA) is 116 Å². The first-order chi connectivity index (χ1) is 15.8. The summed E-state index contributed by atoms with van der Waals surface area (Å²) in [6, 6.07) is 5.83. The molecule has 2 aliphatic heterocycles. The van der Waals surface area contributed by atoms with Crippen LogP contribution in [0, 0.1) is 5.92 Å². The van der Waals surface area contributed by atoms with Gasteiger partial charge < -0.3 is 15.1 Å². The Morgan fingerprint density at radius 1 is 0.909 bits per heavy atom. The van der Waals surface area contributed by atoms with Gasteiger partial charge in [0.1, 0.15) is 0 Å². The summed E-state index contributed by atoms with van der Waals surface area (Å²) >= 11 is 0. The molecule has 0 unspecified atom stereocenters. The minimum absolute atomic E-state index is 0.00124. The summed E-state index contributed by atoms with van der Waals surface area (Å²) in [5.74, 6) is -0.149. The third-order valence-electron chi connectivity index (χ3n) is 6.23. The Morgan fingerprint density at radius 3 is 2.09 bits per heavy atom. The second-order valence-electron chi connectivity index (χ2n) is 8.75. The van der Waals surface area contributed by atoms with E-state index < -0.39 is 10.0 Å². The zero-order valence-electron chi connectivity index (χ0n) is 19.2. The summed E-state index contributed by atoms with van der Waals surface area (Å²) in [5.41, 5.74) is 0.509. The molecule has 0 bridgehead atoms. The molecule has 0 saturated carbocycles. The average molecular weight is 479 g/mol. The summed E-state index contributed by atoms with van der Waals surface area (Å²) in [6.07, 6.45) is 5.89. The monoisotopic (exact) mass is 478 g/mol. The molecule has 0 atom stereocenters. The second kappa shape index (κ2) is 11.6. The molecule has 1 aromatic carbocycles. The molecule has 3 rings (SSSR count). The van der Waals surface area contributed by atoms with Crippen LogP contribution in [0.15, 0.2) is 29.2 Å². The molecule has 0 aliphatic carbocycles. The number of amides is 3. The Labute approximate surface area is 195 Å². The maximum absolute atomic E-state index is 12.8. The molecule has 9 nitrogen and oxygen atoms in total.